The Hall–Kier alpha value is -0.950. The zero-order valence-corrected chi connectivity index (χ0v) is 10.9. The summed E-state index contributed by atoms with van der Waals surface area (Å²) in [5.74, 6) is -1.73. The lowest BCUT2D eigenvalue weighted by Gasteiger charge is -2.26. The number of ketones is 1. The first-order chi connectivity index (χ1) is 8.05. The van der Waals surface area contributed by atoms with Gasteiger partial charge >= 0.3 is 6.18 Å². The molecule has 0 bridgehead atoms. The quantitative estimate of drug-likeness (QED) is 0.867. The van der Waals surface area contributed by atoms with Crippen molar-refractivity contribution >= 4 is 21.7 Å². The van der Waals surface area contributed by atoms with Gasteiger partial charge in [-0.25, -0.2) is 4.39 Å². The van der Waals surface area contributed by atoms with Crippen molar-refractivity contribution in [3.63, 3.8) is 0 Å². The molecule has 0 aliphatic heterocycles. The van der Waals surface area contributed by atoms with Gasteiger partial charge in [0.25, 0.3) is 0 Å². The van der Waals surface area contributed by atoms with E-state index < -0.39 is 29.7 Å². The van der Waals surface area contributed by atoms with Crippen molar-refractivity contribution in [1.82, 2.24) is 0 Å². The molecule has 0 aromatic heterocycles. The van der Waals surface area contributed by atoms with E-state index in [1.165, 1.54) is 6.07 Å². The Morgan fingerprint density at radius 2 is 1.94 bits per heavy atom. The van der Waals surface area contributed by atoms with Gasteiger partial charge < -0.3 is 5.73 Å². The second-order valence-corrected chi connectivity index (χ2v) is 4.89. The van der Waals surface area contributed by atoms with E-state index in [4.69, 9.17) is 5.73 Å². The number of hydrogen-bond donors (Lipinski definition) is 1. The molecule has 2 N–H and O–H groups in total. The van der Waals surface area contributed by atoms with Gasteiger partial charge in [-0.3, -0.25) is 4.79 Å². The summed E-state index contributed by atoms with van der Waals surface area (Å²) in [5, 5.41) is 0. The van der Waals surface area contributed by atoms with Crippen LogP contribution in [0.2, 0.25) is 0 Å². The van der Waals surface area contributed by atoms with Crippen molar-refractivity contribution in [1.29, 1.82) is 0 Å². The predicted molar refractivity (Wildman–Crippen MR) is 61.5 cm³/mol. The largest absolute Gasteiger partial charge is 0.413 e. The molecule has 0 radical (unpaired) electrons. The van der Waals surface area contributed by atoms with E-state index in [1.807, 2.05) is 0 Å². The zero-order valence-electron chi connectivity index (χ0n) is 9.31. The number of hydrogen-bond acceptors (Lipinski definition) is 2. The molecule has 0 saturated heterocycles. The summed E-state index contributed by atoms with van der Waals surface area (Å²) in [6.07, 6.45) is -5.34. The summed E-state index contributed by atoms with van der Waals surface area (Å²) in [6, 6.07) is 3.38. The van der Waals surface area contributed by atoms with E-state index in [2.05, 4.69) is 15.9 Å². The number of benzene rings is 1. The third-order valence-electron chi connectivity index (χ3n) is 2.53. The smallest absolute Gasteiger partial charge is 0.312 e. The van der Waals surface area contributed by atoms with Crippen molar-refractivity contribution in [2.45, 2.75) is 25.1 Å². The minimum Gasteiger partial charge on any atom is -0.312 e. The maximum absolute atomic E-state index is 12.8. The lowest BCUT2D eigenvalue weighted by molar-refractivity contribution is -0.185. The predicted octanol–water partition coefficient (Wildman–Crippen LogP) is 2.98. The van der Waals surface area contributed by atoms with Crippen LogP contribution in [0.4, 0.5) is 17.6 Å². The van der Waals surface area contributed by atoms with Gasteiger partial charge in [0.2, 0.25) is 0 Å². The minimum atomic E-state index is -4.82. The maximum Gasteiger partial charge on any atom is 0.413 e. The Morgan fingerprint density at radius 1 is 1.39 bits per heavy atom. The number of Topliss-reactive ketones (excluding diaryl/α,β-unsaturated/α-hetero) is 1. The van der Waals surface area contributed by atoms with Crippen LogP contribution in [0.15, 0.2) is 22.7 Å². The molecule has 0 saturated carbocycles. The van der Waals surface area contributed by atoms with Crippen molar-refractivity contribution in [2.24, 2.45) is 5.73 Å². The van der Waals surface area contributed by atoms with E-state index in [-0.39, 0.29) is 10.0 Å². The monoisotopic (exact) mass is 327 g/mol. The third kappa shape index (κ3) is 3.08. The fourth-order valence-electron chi connectivity index (χ4n) is 1.18. The van der Waals surface area contributed by atoms with Crippen LogP contribution in [-0.4, -0.2) is 17.5 Å². The van der Waals surface area contributed by atoms with Crippen LogP contribution >= 0.6 is 15.9 Å². The SMILES string of the molecule is CC(N)(C(=O)Cc1ccc(F)cc1Br)C(F)(F)F. The lowest BCUT2D eigenvalue weighted by atomic mass is 9.92. The fourth-order valence-corrected chi connectivity index (χ4v) is 1.67. The first-order valence-corrected chi connectivity index (χ1v) is 5.68. The average molecular weight is 328 g/mol. The molecule has 1 aromatic rings. The van der Waals surface area contributed by atoms with E-state index in [1.54, 1.807) is 0 Å². The molecule has 1 atom stereocenters. The van der Waals surface area contributed by atoms with Gasteiger partial charge in [-0.05, 0) is 24.6 Å². The second-order valence-electron chi connectivity index (χ2n) is 4.04. The molecule has 0 fully saturated rings. The molecule has 2 nitrogen and oxygen atoms in total. The molecule has 18 heavy (non-hydrogen) atoms. The van der Waals surface area contributed by atoms with Crippen LogP contribution in [0.3, 0.4) is 0 Å². The highest BCUT2D eigenvalue weighted by Crippen LogP contribution is 2.30. The first-order valence-electron chi connectivity index (χ1n) is 4.88. The molecule has 1 aromatic carbocycles. The van der Waals surface area contributed by atoms with Gasteiger partial charge in [0.15, 0.2) is 11.3 Å². The van der Waals surface area contributed by atoms with Gasteiger partial charge in [0, 0.05) is 10.9 Å². The topological polar surface area (TPSA) is 43.1 Å². The first kappa shape index (κ1) is 15.1. The van der Waals surface area contributed by atoms with Gasteiger partial charge in [-0.2, -0.15) is 13.2 Å². The summed E-state index contributed by atoms with van der Waals surface area (Å²) in [6.45, 7) is 0.618. The third-order valence-corrected chi connectivity index (χ3v) is 3.27. The molecule has 0 aliphatic rings. The Labute approximate surface area is 109 Å². The summed E-state index contributed by atoms with van der Waals surface area (Å²) in [5.41, 5.74) is 2.34. The average Bonchev–Trinajstić information content (AvgIpc) is 2.20. The Balaban J connectivity index is 2.95. The molecule has 0 amide bonds. The molecule has 7 heteroatoms. The van der Waals surface area contributed by atoms with E-state index in [0.29, 0.717) is 6.92 Å². The van der Waals surface area contributed by atoms with Crippen LogP contribution in [0.1, 0.15) is 12.5 Å². The van der Waals surface area contributed by atoms with Crippen molar-refractivity contribution < 1.29 is 22.4 Å². The molecular weight excluding hydrogens is 318 g/mol. The normalized spacial score (nSPS) is 15.3. The molecular formula is C11H10BrF4NO. The highest BCUT2D eigenvalue weighted by molar-refractivity contribution is 9.10. The fraction of sp³-hybridized carbons (Fsp3) is 0.364. The number of carbonyl (C=O) groups excluding carboxylic acids is 1. The molecule has 1 rings (SSSR count). The summed E-state index contributed by atoms with van der Waals surface area (Å²) < 4.78 is 50.6. The number of carbonyl (C=O) groups is 1. The Morgan fingerprint density at radius 3 is 2.39 bits per heavy atom. The van der Waals surface area contributed by atoms with Gasteiger partial charge in [0.05, 0.1) is 0 Å². The standard InChI is InChI=1S/C11H10BrF4NO/c1-10(17,11(14,15)16)9(18)4-6-2-3-7(13)5-8(6)12/h2-3,5H,4,17H2,1H3. The van der Waals surface area contributed by atoms with Crippen LogP contribution < -0.4 is 5.73 Å². The zero-order chi connectivity index (χ0) is 14.1. The number of halogens is 5. The van der Waals surface area contributed by atoms with Gasteiger partial charge in [-0.15, -0.1) is 0 Å². The number of nitrogens with two attached hydrogens (primary N) is 1. The Kier molecular flexibility index (Phi) is 4.17. The maximum atomic E-state index is 12.8. The van der Waals surface area contributed by atoms with Crippen LogP contribution in [-0.2, 0) is 11.2 Å². The highest BCUT2D eigenvalue weighted by atomic mass is 79.9. The summed E-state index contributed by atoms with van der Waals surface area (Å²) in [7, 11) is 0. The van der Waals surface area contributed by atoms with Crippen molar-refractivity contribution in [2.75, 3.05) is 0 Å². The van der Waals surface area contributed by atoms with E-state index in [0.717, 1.165) is 12.1 Å². The minimum absolute atomic E-state index is 0.230. The van der Waals surface area contributed by atoms with Gasteiger partial charge in [0.1, 0.15) is 5.82 Å². The molecule has 0 aliphatic carbocycles. The van der Waals surface area contributed by atoms with Crippen LogP contribution in [0, 0.1) is 5.82 Å². The highest BCUT2D eigenvalue weighted by Gasteiger charge is 2.53. The number of rotatable bonds is 3. The van der Waals surface area contributed by atoms with Crippen LogP contribution in [0.5, 0.6) is 0 Å². The molecule has 0 spiro atoms. The van der Waals surface area contributed by atoms with Crippen molar-refractivity contribution in [3.8, 4) is 0 Å². The van der Waals surface area contributed by atoms with Gasteiger partial charge in [-0.1, -0.05) is 22.0 Å². The summed E-state index contributed by atoms with van der Waals surface area (Å²) >= 11 is 2.98. The molecule has 100 valence electrons. The Bertz CT molecular complexity index is 471. The summed E-state index contributed by atoms with van der Waals surface area (Å²) in [4.78, 5) is 11.6. The van der Waals surface area contributed by atoms with E-state index in [9.17, 15) is 22.4 Å². The second kappa shape index (κ2) is 4.97. The number of alkyl halides is 3. The van der Waals surface area contributed by atoms with Crippen LogP contribution in [0.25, 0.3) is 0 Å². The lowest BCUT2D eigenvalue weighted by Crippen LogP contribution is -2.57. The van der Waals surface area contributed by atoms with Crippen molar-refractivity contribution in [3.05, 3.63) is 34.1 Å². The molecule has 0 heterocycles. The van der Waals surface area contributed by atoms with E-state index >= 15 is 0 Å². The molecule has 1 unspecified atom stereocenters.